The summed E-state index contributed by atoms with van der Waals surface area (Å²) in [7, 11) is 0. The number of benzene rings is 1. The van der Waals surface area contributed by atoms with Gasteiger partial charge in [0.25, 0.3) is 5.56 Å². The molecule has 2 N–H and O–H groups in total. The molecule has 2 rings (SSSR count). The van der Waals surface area contributed by atoms with Gasteiger partial charge in [-0.25, -0.2) is 9.18 Å². The molecule has 0 fully saturated rings. The average Bonchev–Trinajstić information content (AvgIpc) is 2.32. The van der Waals surface area contributed by atoms with Gasteiger partial charge in [-0.3, -0.25) is 9.78 Å². The molecule has 1 heterocycles. The molecule has 1 aromatic heterocycles. The summed E-state index contributed by atoms with van der Waals surface area (Å²) in [6.07, 6.45) is 0. The first-order valence-electron chi connectivity index (χ1n) is 4.96. The normalized spacial score (nSPS) is 10.1. The van der Waals surface area contributed by atoms with Crippen molar-refractivity contribution in [2.75, 3.05) is 0 Å². The molecule has 0 unspecified atom stereocenters. The highest BCUT2D eigenvalue weighted by molar-refractivity contribution is 5.90. The van der Waals surface area contributed by atoms with Crippen molar-refractivity contribution in [2.24, 2.45) is 0 Å². The Balaban J connectivity index is 2.38. The second-order valence-electron chi connectivity index (χ2n) is 3.43. The Bertz CT molecular complexity index is 633. The Morgan fingerprint density at radius 3 is 2.44 bits per heavy atom. The lowest BCUT2D eigenvalue weighted by atomic mass is 10.2. The third-order valence-corrected chi connectivity index (χ3v) is 2.15. The van der Waals surface area contributed by atoms with Gasteiger partial charge in [-0.1, -0.05) is 0 Å². The van der Waals surface area contributed by atoms with Crippen molar-refractivity contribution >= 4 is 5.97 Å². The zero-order chi connectivity index (χ0) is 13.1. The Kier molecular flexibility index (Phi) is 3.09. The highest BCUT2D eigenvalue weighted by atomic mass is 19.1. The monoisotopic (exact) mass is 249 g/mol. The van der Waals surface area contributed by atoms with Gasteiger partial charge >= 0.3 is 5.97 Å². The third kappa shape index (κ3) is 2.54. The minimum atomic E-state index is -1.23. The summed E-state index contributed by atoms with van der Waals surface area (Å²) in [4.78, 5) is 24.3. The van der Waals surface area contributed by atoms with E-state index in [9.17, 15) is 14.0 Å². The summed E-state index contributed by atoms with van der Waals surface area (Å²) in [6, 6.07) is 7.20. The molecule has 0 amide bonds. The largest absolute Gasteiger partial charge is 0.477 e. The molecule has 0 radical (unpaired) electrons. The van der Waals surface area contributed by atoms with E-state index in [0.29, 0.717) is 0 Å². The van der Waals surface area contributed by atoms with E-state index < -0.39 is 17.3 Å². The fourth-order valence-corrected chi connectivity index (χ4v) is 1.32. The number of pyridine rings is 1. The summed E-state index contributed by atoms with van der Waals surface area (Å²) < 4.78 is 17.9. The van der Waals surface area contributed by atoms with E-state index in [1.165, 1.54) is 12.1 Å². The van der Waals surface area contributed by atoms with Crippen LogP contribution in [0, 0.1) is 5.82 Å². The van der Waals surface area contributed by atoms with Gasteiger partial charge in [0.05, 0.1) is 0 Å². The van der Waals surface area contributed by atoms with Crippen LogP contribution in [0.5, 0.6) is 11.6 Å². The molecular formula is C12H8FNO4. The van der Waals surface area contributed by atoms with Gasteiger partial charge < -0.3 is 9.84 Å². The van der Waals surface area contributed by atoms with Gasteiger partial charge in [-0.2, -0.15) is 0 Å². The average molecular weight is 249 g/mol. The number of carbonyl (C=O) groups is 1. The number of aromatic carboxylic acids is 1. The molecule has 0 saturated carbocycles. The first kappa shape index (κ1) is 11.8. The summed E-state index contributed by atoms with van der Waals surface area (Å²) in [6.45, 7) is 0. The van der Waals surface area contributed by atoms with E-state index in [-0.39, 0.29) is 17.2 Å². The molecule has 92 valence electrons. The van der Waals surface area contributed by atoms with E-state index in [2.05, 4.69) is 4.98 Å². The van der Waals surface area contributed by atoms with Crippen LogP contribution >= 0.6 is 0 Å². The van der Waals surface area contributed by atoms with Crippen LogP contribution in [0.1, 0.15) is 10.4 Å². The Hall–Kier alpha value is -2.63. The van der Waals surface area contributed by atoms with Crippen LogP contribution in [0.15, 0.2) is 41.2 Å². The Morgan fingerprint density at radius 2 is 1.83 bits per heavy atom. The minimum absolute atomic E-state index is 0.182. The quantitative estimate of drug-likeness (QED) is 0.871. The van der Waals surface area contributed by atoms with E-state index >= 15 is 0 Å². The molecule has 0 atom stereocenters. The molecule has 1 aromatic carbocycles. The Labute approximate surface area is 100 Å². The predicted molar refractivity (Wildman–Crippen MR) is 60.5 cm³/mol. The van der Waals surface area contributed by atoms with Crippen molar-refractivity contribution in [1.82, 2.24) is 4.98 Å². The molecule has 0 bridgehead atoms. The molecule has 18 heavy (non-hydrogen) atoms. The number of hydrogen-bond acceptors (Lipinski definition) is 3. The molecule has 0 aliphatic carbocycles. The first-order valence-corrected chi connectivity index (χ1v) is 4.96. The molecular weight excluding hydrogens is 241 g/mol. The van der Waals surface area contributed by atoms with Gasteiger partial charge in [-0.15, -0.1) is 0 Å². The van der Waals surface area contributed by atoms with Crippen LogP contribution in [0.4, 0.5) is 4.39 Å². The lowest BCUT2D eigenvalue weighted by Crippen LogP contribution is -2.10. The van der Waals surface area contributed by atoms with Crippen LogP contribution < -0.4 is 10.3 Å². The minimum Gasteiger partial charge on any atom is -0.477 e. The number of aromatic amines is 1. The van der Waals surface area contributed by atoms with Crippen LogP contribution in [0.25, 0.3) is 0 Å². The zero-order valence-electron chi connectivity index (χ0n) is 9.01. The van der Waals surface area contributed by atoms with Crippen molar-refractivity contribution in [1.29, 1.82) is 0 Å². The van der Waals surface area contributed by atoms with Crippen LogP contribution in [-0.2, 0) is 0 Å². The van der Waals surface area contributed by atoms with Gasteiger partial charge in [0.1, 0.15) is 17.1 Å². The zero-order valence-corrected chi connectivity index (χ0v) is 9.01. The highest BCUT2D eigenvalue weighted by Gasteiger charge is 2.12. The number of ether oxygens (including phenoxy) is 1. The molecule has 0 aliphatic heterocycles. The second kappa shape index (κ2) is 4.70. The second-order valence-corrected chi connectivity index (χ2v) is 3.43. The van der Waals surface area contributed by atoms with Gasteiger partial charge in [0, 0.05) is 6.07 Å². The predicted octanol–water partition coefficient (Wildman–Crippen LogP) is 2.00. The fourth-order valence-electron chi connectivity index (χ4n) is 1.32. The van der Waals surface area contributed by atoms with Crippen LogP contribution in [0.3, 0.4) is 0 Å². The van der Waals surface area contributed by atoms with E-state index in [1.54, 1.807) is 0 Å². The van der Waals surface area contributed by atoms with Crippen molar-refractivity contribution in [3.05, 3.63) is 58.1 Å². The van der Waals surface area contributed by atoms with Crippen molar-refractivity contribution in [3.63, 3.8) is 0 Å². The maximum absolute atomic E-state index is 12.7. The molecule has 5 nitrogen and oxygen atoms in total. The van der Waals surface area contributed by atoms with Crippen molar-refractivity contribution in [2.45, 2.75) is 0 Å². The standard InChI is InChI=1S/C12H8FNO4/c13-7-1-3-8(4-2-7)18-11-9(12(16)17)5-6-10(15)14-11/h1-6H,(H,14,15)(H,16,17). The van der Waals surface area contributed by atoms with E-state index in [0.717, 1.165) is 24.3 Å². The highest BCUT2D eigenvalue weighted by Crippen LogP contribution is 2.22. The van der Waals surface area contributed by atoms with Gasteiger partial charge in [0.2, 0.25) is 5.88 Å². The maximum Gasteiger partial charge on any atom is 0.341 e. The van der Waals surface area contributed by atoms with E-state index in [1.807, 2.05) is 0 Å². The molecule has 6 heteroatoms. The Morgan fingerprint density at radius 1 is 1.17 bits per heavy atom. The first-order chi connectivity index (χ1) is 8.56. The van der Waals surface area contributed by atoms with E-state index in [4.69, 9.17) is 9.84 Å². The number of aromatic nitrogens is 1. The number of halogens is 1. The van der Waals surface area contributed by atoms with Gasteiger partial charge in [0.15, 0.2) is 0 Å². The smallest absolute Gasteiger partial charge is 0.341 e. The van der Waals surface area contributed by atoms with Crippen LogP contribution in [0.2, 0.25) is 0 Å². The lowest BCUT2D eigenvalue weighted by Gasteiger charge is -2.07. The molecule has 0 spiro atoms. The molecule has 0 aliphatic rings. The number of carboxylic acid groups (broad SMARTS) is 1. The number of nitrogens with one attached hydrogen (secondary N) is 1. The number of H-pyrrole nitrogens is 1. The SMILES string of the molecule is O=C(O)c1ccc(=O)[nH]c1Oc1ccc(F)cc1. The number of carboxylic acids is 1. The summed E-state index contributed by atoms with van der Waals surface area (Å²) in [5, 5.41) is 8.92. The molecule has 2 aromatic rings. The summed E-state index contributed by atoms with van der Waals surface area (Å²) in [5.41, 5.74) is -0.670. The summed E-state index contributed by atoms with van der Waals surface area (Å²) in [5.74, 6) is -1.65. The van der Waals surface area contributed by atoms with Crippen molar-refractivity contribution in [3.8, 4) is 11.6 Å². The lowest BCUT2D eigenvalue weighted by molar-refractivity contribution is 0.0693. The fraction of sp³-hybridized carbons (Fsp3) is 0. The maximum atomic E-state index is 12.7. The van der Waals surface area contributed by atoms with Gasteiger partial charge in [-0.05, 0) is 30.3 Å². The summed E-state index contributed by atoms with van der Waals surface area (Å²) >= 11 is 0. The van der Waals surface area contributed by atoms with Crippen molar-refractivity contribution < 1.29 is 19.0 Å². The topological polar surface area (TPSA) is 79.4 Å². The number of rotatable bonds is 3. The van der Waals surface area contributed by atoms with Crippen LogP contribution in [-0.4, -0.2) is 16.1 Å². The number of hydrogen-bond donors (Lipinski definition) is 2. The molecule has 0 saturated heterocycles. The third-order valence-electron chi connectivity index (χ3n) is 2.15.